The number of hydrogen-bond donors (Lipinski definition) is 2. The maximum absolute atomic E-state index is 13.0. The highest BCUT2D eigenvalue weighted by molar-refractivity contribution is 6.06. The molecule has 2 amide bonds. The van der Waals surface area contributed by atoms with Gasteiger partial charge >= 0.3 is 12.0 Å². The topological polar surface area (TPSA) is 72.9 Å². The lowest BCUT2D eigenvalue weighted by Gasteiger charge is -2.20. The molecule has 1 saturated heterocycles. The molecule has 0 bridgehead atoms. The smallest absolute Gasteiger partial charge is 0.329 e. The zero-order chi connectivity index (χ0) is 19.5. The fraction of sp³-hybridized carbons (Fsp3) is 0.273. The van der Waals surface area contributed by atoms with Gasteiger partial charge in [-0.1, -0.05) is 18.2 Å². The molecule has 2 aliphatic rings. The number of fused-ring (bicyclic) bond motifs is 1. The highest BCUT2D eigenvalue weighted by Crippen LogP contribution is 2.28. The van der Waals surface area contributed by atoms with Crippen LogP contribution in [0.4, 0.5) is 16.2 Å². The molecule has 0 saturated carbocycles. The lowest BCUT2D eigenvalue weighted by molar-refractivity contribution is -0.131. The van der Waals surface area contributed by atoms with E-state index in [0.29, 0.717) is 13.1 Å². The molecule has 0 unspecified atom stereocenters. The maximum atomic E-state index is 13.0. The van der Waals surface area contributed by atoms with Crippen molar-refractivity contribution in [1.82, 2.24) is 5.32 Å². The Balaban J connectivity index is 0.00000240. The Labute approximate surface area is 176 Å². The standard InChI is InChI=1S/C22H23N3O3.ClH/c26-21(27)8-3-16-1-5-19(6-2-16)24-13-14-25(22(24)28)20-7-4-17-9-11-23-12-10-18(17)15-20;/h1-8,15,23H,9-14H2,(H,26,27);1H/b8-3+;. The van der Waals surface area contributed by atoms with Crippen LogP contribution in [0.5, 0.6) is 0 Å². The van der Waals surface area contributed by atoms with E-state index in [-0.39, 0.29) is 18.4 Å². The Kier molecular flexibility index (Phi) is 6.56. The molecule has 7 heteroatoms. The second-order valence-corrected chi connectivity index (χ2v) is 7.05. The van der Waals surface area contributed by atoms with Crippen LogP contribution >= 0.6 is 12.4 Å². The quantitative estimate of drug-likeness (QED) is 0.754. The predicted octanol–water partition coefficient (Wildman–Crippen LogP) is 3.34. The minimum Gasteiger partial charge on any atom is -0.478 e. The number of carbonyl (C=O) groups is 2. The number of anilines is 2. The molecule has 29 heavy (non-hydrogen) atoms. The van der Waals surface area contributed by atoms with Gasteiger partial charge in [-0.05, 0) is 73.0 Å². The molecule has 2 N–H and O–H groups in total. The summed E-state index contributed by atoms with van der Waals surface area (Å²) in [5, 5.41) is 12.1. The second-order valence-electron chi connectivity index (χ2n) is 7.05. The van der Waals surface area contributed by atoms with Gasteiger partial charge < -0.3 is 10.4 Å². The lowest BCUT2D eigenvalue weighted by Crippen LogP contribution is -2.31. The SMILES string of the molecule is Cl.O=C(O)/C=C/c1ccc(N2CCN(c3ccc4c(c3)CCNCC4)C2=O)cc1. The second kappa shape index (κ2) is 9.11. The van der Waals surface area contributed by atoms with Crippen molar-refractivity contribution in [3.63, 3.8) is 0 Å². The van der Waals surface area contributed by atoms with Crippen molar-refractivity contribution < 1.29 is 14.7 Å². The molecule has 0 atom stereocenters. The summed E-state index contributed by atoms with van der Waals surface area (Å²) >= 11 is 0. The van der Waals surface area contributed by atoms with Gasteiger partial charge in [0.1, 0.15) is 0 Å². The van der Waals surface area contributed by atoms with E-state index in [2.05, 4.69) is 17.4 Å². The van der Waals surface area contributed by atoms with Crippen LogP contribution in [0.1, 0.15) is 16.7 Å². The van der Waals surface area contributed by atoms with Crippen molar-refractivity contribution in [1.29, 1.82) is 0 Å². The number of nitrogens with one attached hydrogen (secondary N) is 1. The first kappa shape index (κ1) is 20.9. The van der Waals surface area contributed by atoms with Crippen LogP contribution < -0.4 is 15.1 Å². The Morgan fingerprint density at radius 3 is 2.24 bits per heavy atom. The van der Waals surface area contributed by atoms with E-state index in [1.807, 2.05) is 35.2 Å². The van der Waals surface area contributed by atoms with Gasteiger partial charge in [0.05, 0.1) is 0 Å². The van der Waals surface area contributed by atoms with Gasteiger partial charge in [-0.2, -0.15) is 0 Å². The number of urea groups is 1. The van der Waals surface area contributed by atoms with Crippen LogP contribution in [0.25, 0.3) is 6.08 Å². The zero-order valence-electron chi connectivity index (χ0n) is 16.0. The maximum Gasteiger partial charge on any atom is 0.329 e. The van der Waals surface area contributed by atoms with Crippen LogP contribution in [-0.2, 0) is 17.6 Å². The van der Waals surface area contributed by atoms with Gasteiger partial charge in [-0.3, -0.25) is 9.80 Å². The van der Waals surface area contributed by atoms with E-state index in [1.165, 1.54) is 17.2 Å². The van der Waals surface area contributed by atoms with Crippen LogP contribution in [-0.4, -0.2) is 43.3 Å². The number of halogens is 1. The van der Waals surface area contributed by atoms with Crippen LogP contribution in [0.3, 0.4) is 0 Å². The number of aliphatic carboxylic acids is 1. The molecule has 6 nitrogen and oxygen atoms in total. The molecule has 0 radical (unpaired) electrons. The van der Waals surface area contributed by atoms with Crippen molar-refractivity contribution in [3.05, 3.63) is 65.2 Å². The number of amides is 2. The number of rotatable bonds is 4. The fourth-order valence-corrected chi connectivity index (χ4v) is 3.78. The lowest BCUT2D eigenvalue weighted by atomic mass is 10.0. The van der Waals surface area contributed by atoms with Crippen molar-refractivity contribution in [3.8, 4) is 0 Å². The van der Waals surface area contributed by atoms with E-state index >= 15 is 0 Å². The number of hydrogen-bond acceptors (Lipinski definition) is 3. The summed E-state index contributed by atoms with van der Waals surface area (Å²) in [6, 6.07) is 13.7. The van der Waals surface area contributed by atoms with Gasteiger partial charge in [-0.25, -0.2) is 9.59 Å². The molecule has 2 heterocycles. The van der Waals surface area contributed by atoms with Gasteiger partial charge in [0.25, 0.3) is 0 Å². The molecule has 1 fully saturated rings. The summed E-state index contributed by atoms with van der Waals surface area (Å²) in [4.78, 5) is 27.2. The molecule has 0 aliphatic carbocycles. The normalized spacial score (nSPS) is 16.5. The minimum atomic E-state index is -0.981. The summed E-state index contributed by atoms with van der Waals surface area (Å²) in [6.07, 6.45) is 4.65. The van der Waals surface area contributed by atoms with E-state index in [0.717, 1.165) is 48.9 Å². The molecular weight excluding hydrogens is 390 g/mol. The molecule has 2 aromatic rings. The molecule has 2 aromatic carbocycles. The van der Waals surface area contributed by atoms with Gasteiger partial charge in [0.2, 0.25) is 0 Å². The first-order chi connectivity index (χ1) is 13.6. The highest BCUT2D eigenvalue weighted by atomic mass is 35.5. The van der Waals surface area contributed by atoms with E-state index < -0.39 is 5.97 Å². The largest absolute Gasteiger partial charge is 0.478 e. The average molecular weight is 414 g/mol. The molecule has 2 aliphatic heterocycles. The van der Waals surface area contributed by atoms with Crippen LogP contribution in [0, 0.1) is 0 Å². The van der Waals surface area contributed by atoms with E-state index in [4.69, 9.17) is 5.11 Å². The number of nitrogens with zero attached hydrogens (tertiary/aromatic N) is 2. The number of carbonyl (C=O) groups excluding carboxylic acids is 1. The van der Waals surface area contributed by atoms with Crippen LogP contribution in [0.2, 0.25) is 0 Å². The molecule has 0 aromatic heterocycles. The van der Waals surface area contributed by atoms with Gasteiger partial charge in [0.15, 0.2) is 0 Å². The summed E-state index contributed by atoms with van der Waals surface area (Å²) in [5.74, 6) is -0.981. The van der Waals surface area contributed by atoms with Crippen molar-refractivity contribution in [2.24, 2.45) is 0 Å². The van der Waals surface area contributed by atoms with Crippen LogP contribution in [0.15, 0.2) is 48.5 Å². The Hall–Kier alpha value is -2.83. The monoisotopic (exact) mass is 413 g/mol. The zero-order valence-corrected chi connectivity index (χ0v) is 16.8. The first-order valence-corrected chi connectivity index (χ1v) is 9.54. The Morgan fingerprint density at radius 2 is 1.55 bits per heavy atom. The summed E-state index contributed by atoms with van der Waals surface area (Å²) < 4.78 is 0. The summed E-state index contributed by atoms with van der Waals surface area (Å²) in [5.41, 5.74) is 5.24. The third-order valence-corrected chi connectivity index (χ3v) is 5.28. The number of benzene rings is 2. The van der Waals surface area contributed by atoms with E-state index in [9.17, 15) is 9.59 Å². The Morgan fingerprint density at radius 1 is 0.931 bits per heavy atom. The van der Waals surface area contributed by atoms with Crippen molar-refractivity contribution >= 4 is 41.9 Å². The van der Waals surface area contributed by atoms with E-state index in [1.54, 1.807) is 4.90 Å². The molecule has 4 rings (SSSR count). The Bertz CT molecular complexity index is 927. The third-order valence-electron chi connectivity index (χ3n) is 5.28. The predicted molar refractivity (Wildman–Crippen MR) is 117 cm³/mol. The summed E-state index contributed by atoms with van der Waals surface area (Å²) in [6.45, 7) is 3.25. The first-order valence-electron chi connectivity index (χ1n) is 9.54. The van der Waals surface area contributed by atoms with Crippen molar-refractivity contribution in [2.75, 3.05) is 36.0 Å². The molecule has 152 valence electrons. The minimum absolute atomic E-state index is 0. The average Bonchev–Trinajstić information content (AvgIpc) is 2.93. The number of carboxylic acid groups (broad SMARTS) is 1. The van der Waals surface area contributed by atoms with Crippen molar-refractivity contribution in [2.45, 2.75) is 12.8 Å². The molecule has 0 spiro atoms. The third kappa shape index (κ3) is 4.60. The summed E-state index contributed by atoms with van der Waals surface area (Å²) in [7, 11) is 0. The fourth-order valence-electron chi connectivity index (χ4n) is 3.78. The van der Waals surface area contributed by atoms with Gasteiger partial charge in [-0.15, -0.1) is 12.4 Å². The number of carboxylic acids is 1. The van der Waals surface area contributed by atoms with Gasteiger partial charge in [0, 0.05) is 30.5 Å². The molecular formula is C22H24ClN3O3. The highest BCUT2D eigenvalue weighted by Gasteiger charge is 2.31.